The van der Waals surface area contributed by atoms with Crippen molar-refractivity contribution < 1.29 is 38.4 Å². The molecule has 0 radical (unpaired) electrons. The summed E-state index contributed by atoms with van der Waals surface area (Å²) in [5, 5.41) is 0. The van der Waals surface area contributed by atoms with Gasteiger partial charge in [0.05, 0.1) is 0 Å². The van der Waals surface area contributed by atoms with Gasteiger partial charge in [-0.25, -0.2) is 0 Å². The van der Waals surface area contributed by atoms with Crippen molar-refractivity contribution in [2.45, 2.75) is 215 Å². The second kappa shape index (κ2) is 25.4. The summed E-state index contributed by atoms with van der Waals surface area (Å²) >= 11 is 0. The monoisotopic (exact) mass is 1020 g/mol. The number of rotatable bonds is 0. The summed E-state index contributed by atoms with van der Waals surface area (Å²) in [5.74, 6) is 6.07. The van der Waals surface area contributed by atoms with E-state index in [-0.39, 0.29) is 27.4 Å². The van der Waals surface area contributed by atoms with Crippen LogP contribution in [0.25, 0.3) is 11.1 Å². The lowest BCUT2D eigenvalue weighted by molar-refractivity contribution is -0.134. The Hall–Kier alpha value is -4.98. The lowest BCUT2D eigenvalue weighted by atomic mass is 9.70. The van der Waals surface area contributed by atoms with Crippen LogP contribution >= 0.6 is 0 Å². The molecule has 0 amide bonds. The predicted molar refractivity (Wildman–Crippen MR) is 298 cm³/mol. The number of carbonyl (C=O) groups is 8. The highest BCUT2D eigenvalue weighted by molar-refractivity contribution is 6.21. The highest BCUT2D eigenvalue weighted by Crippen LogP contribution is 2.63. The molecule has 11 aliphatic rings. The van der Waals surface area contributed by atoms with Gasteiger partial charge in [0.25, 0.3) is 0 Å². The van der Waals surface area contributed by atoms with Gasteiger partial charge >= 0.3 is 0 Å². The summed E-state index contributed by atoms with van der Waals surface area (Å²) in [7, 11) is 0. The molecule has 11 aliphatic carbocycles. The van der Waals surface area contributed by atoms with Gasteiger partial charge in [-0.2, -0.15) is 0 Å². The largest absolute Gasteiger partial charge is 0.300 e. The summed E-state index contributed by atoms with van der Waals surface area (Å²) in [6, 6.07) is 23.4. The molecule has 6 atom stereocenters. The number of ketones is 8. The molecule has 9 fully saturated rings. The Kier molecular flexibility index (Phi) is 19.6. The van der Waals surface area contributed by atoms with Crippen LogP contribution in [0.4, 0.5) is 0 Å². The minimum Gasteiger partial charge on any atom is -0.300 e. The average molecular weight is 1020 g/mol. The van der Waals surface area contributed by atoms with E-state index in [4.69, 9.17) is 0 Å². The van der Waals surface area contributed by atoms with Crippen LogP contribution in [0.15, 0.2) is 72.8 Å². The Morgan fingerprint density at radius 3 is 1.25 bits per heavy atom. The van der Waals surface area contributed by atoms with Crippen molar-refractivity contribution in [2.75, 3.05) is 0 Å². The third kappa shape index (κ3) is 13.8. The number of carbonyl (C=O) groups excluding carboxylic acids is 8. The Balaban J connectivity index is 0.000000127. The Morgan fingerprint density at radius 2 is 0.907 bits per heavy atom. The van der Waals surface area contributed by atoms with Gasteiger partial charge in [0.2, 0.25) is 0 Å². The van der Waals surface area contributed by atoms with E-state index >= 15 is 0 Å². The smallest absolute Gasteiger partial charge is 0.194 e. The average Bonchev–Trinajstić information content (AvgIpc) is 4.33. The third-order valence-electron chi connectivity index (χ3n) is 19.7. The molecule has 9 saturated carbocycles. The fourth-order valence-corrected chi connectivity index (χ4v) is 14.1. The molecule has 0 saturated heterocycles. The minimum absolute atomic E-state index is 0.00694. The molecule has 6 bridgehead atoms. The number of fused-ring (bicyclic) bond motifs is 10. The van der Waals surface area contributed by atoms with E-state index in [0.29, 0.717) is 64.7 Å². The first-order chi connectivity index (χ1) is 35.7. The first-order valence-corrected chi connectivity index (χ1v) is 29.3. The Labute approximate surface area is 449 Å². The van der Waals surface area contributed by atoms with Crippen LogP contribution in [0.3, 0.4) is 0 Å². The normalized spacial score (nSPS) is 29.1. The molecule has 8 heteroatoms. The van der Waals surface area contributed by atoms with Crippen LogP contribution in [0.2, 0.25) is 0 Å². The molecule has 8 nitrogen and oxygen atoms in total. The van der Waals surface area contributed by atoms with Gasteiger partial charge in [-0.1, -0.05) is 134 Å². The maximum atomic E-state index is 11.9. The number of aryl methyl sites for hydroxylation is 1. The van der Waals surface area contributed by atoms with Gasteiger partial charge in [0.1, 0.15) is 34.7 Å². The van der Waals surface area contributed by atoms with Crippen LogP contribution < -0.4 is 0 Å². The highest BCUT2D eigenvalue weighted by Gasteiger charge is 2.61. The van der Waals surface area contributed by atoms with Gasteiger partial charge in [0.15, 0.2) is 11.6 Å². The molecule has 0 spiro atoms. The molecule has 0 aliphatic heterocycles. The second-order valence-electron chi connectivity index (χ2n) is 25.3. The van der Waals surface area contributed by atoms with Gasteiger partial charge < -0.3 is 0 Å². The van der Waals surface area contributed by atoms with Crippen LogP contribution in [0, 0.1) is 45.3 Å². The van der Waals surface area contributed by atoms with Crippen LogP contribution in [0.5, 0.6) is 0 Å². The summed E-state index contributed by atoms with van der Waals surface area (Å²) < 4.78 is 0. The van der Waals surface area contributed by atoms with Crippen LogP contribution in [-0.2, 0) is 35.2 Å². The van der Waals surface area contributed by atoms with Crippen molar-refractivity contribution in [1.82, 2.24) is 0 Å². The molecule has 0 heterocycles. The predicted octanol–water partition coefficient (Wildman–Crippen LogP) is 15.5. The van der Waals surface area contributed by atoms with E-state index in [2.05, 4.69) is 41.5 Å². The van der Waals surface area contributed by atoms with Gasteiger partial charge in [-0.15, -0.1) is 0 Å². The molecule has 0 N–H and O–H groups in total. The fourth-order valence-electron chi connectivity index (χ4n) is 14.1. The highest BCUT2D eigenvalue weighted by atomic mass is 16.2. The van der Waals surface area contributed by atoms with Crippen molar-refractivity contribution in [3.8, 4) is 11.1 Å². The lowest BCUT2D eigenvalue weighted by Gasteiger charge is -2.32. The van der Waals surface area contributed by atoms with E-state index in [1.165, 1.54) is 56.9 Å². The number of hydrogen-bond acceptors (Lipinski definition) is 8. The number of benzene rings is 3. The molecule has 0 aromatic heterocycles. The van der Waals surface area contributed by atoms with E-state index in [9.17, 15) is 38.4 Å². The summed E-state index contributed by atoms with van der Waals surface area (Å²) in [6.07, 6.45) is 28.8. The Bertz CT molecular complexity index is 2500. The van der Waals surface area contributed by atoms with Crippen molar-refractivity contribution >= 4 is 46.3 Å². The van der Waals surface area contributed by atoms with E-state index in [1.807, 2.05) is 72.8 Å². The maximum Gasteiger partial charge on any atom is 0.194 e. The summed E-state index contributed by atoms with van der Waals surface area (Å²) in [4.78, 5) is 88.6. The van der Waals surface area contributed by atoms with Gasteiger partial charge in [0, 0.05) is 96.6 Å². The van der Waals surface area contributed by atoms with Crippen LogP contribution in [0.1, 0.15) is 240 Å². The second-order valence-corrected chi connectivity index (χ2v) is 25.3. The lowest BCUT2D eigenvalue weighted by Crippen LogP contribution is -2.35. The zero-order chi connectivity index (χ0) is 54.0. The molecule has 14 rings (SSSR count). The van der Waals surface area contributed by atoms with Gasteiger partial charge in [-0.3, -0.25) is 38.4 Å². The molecule has 404 valence electrons. The zero-order valence-electron chi connectivity index (χ0n) is 46.6. The van der Waals surface area contributed by atoms with Crippen molar-refractivity contribution in [3.63, 3.8) is 0 Å². The molecule has 3 aromatic carbocycles. The molecular weight excluding hydrogens is 933 g/mol. The first kappa shape index (κ1) is 57.7. The first-order valence-electron chi connectivity index (χ1n) is 29.3. The van der Waals surface area contributed by atoms with Crippen molar-refractivity contribution in [3.05, 3.63) is 95.1 Å². The number of Topliss-reactive ketones (excluding diaryl/α,β-unsaturated/α-hetero) is 7. The molecule has 6 unspecified atom stereocenters. The molecule has 75 heavy (non-hydrogen) atoms. The van der Waals surface area contributed by atoms with E-state index in [0.717, 1.165) is 149 Å². The topological polar surface area (TPSA) is 137 Å². The summed E-state index contributed by atoms with van der Waals surface area (Å²) in [6.45, 7) is 13.0. The minimum atomic E-state index is -0.00694. The van der Waals surface area contributed by atoms with Crippen molar-refractivity contribution in [1.29, 1.82) is 0 Å². The van der Waals surface area contributed by atoms with Crippen molar-refractivity contribution in [2.24, 2.45) is 45.3 Å². The van der Waals surface area contributed by atoms with Gasteiger partial charge in [-0.05, 0) is 136 Å². The summed E-state index contributed by atoms with van der Waals surface area (Å²) in [5.41, 5.74) is 6.29. The SMILES string of the molecule is CC12CCC(C1)C(C)(C)C2=O.CC12CCC(CC1=O)C2(C)C.O=C1CC2CCC1C2.O=C1CCCC1.O=C1CCCCC1.O=C1CCCCCC1.O=C1CCc2ccccc21.O=C1c2ccccc2-c2ccccc21. The fraction of sp³-hybridized carbons (Fsp3) is 0.612. The quantitative estimate of drug-likeness (QED) is 0.159. The van der Waals surface area contributed by atoms with E-state index in [1.54, 1.807) is 0 Å². The molecule has 3 aromatic rings. The maximum absolute atomic E-state index is 11.9. The standard InChI is InChI=1S/C13H8O.2C10H16O.C9H8O.C7H10O.C7H12O.C6H10O.C5H8O/c14-13-11-7-3-1-5-9(11)10-6-2-4-8-12(10)13;1-9(2)7-4-5-10(3,6-7)8(9)11;1-9(2)7-4-5-10(9,3)8(11)6-7;10-9-6-5-7-3-1-2-4-8(7)9;8-7-4-5-1-2-6(7)3-5;8-7-5-3-1-2-4-6-7;7-6-4-2-1-3-5-6;6-5-3-1-2-4-5/h1-8H;2*7H,4-6H2,1-3H3;1-4H,5-6H2;5-6H,1-4H2;1-6H2;1-5H2;1-4H2. The van der Waals surface area contributed by atoms with Crippen LogP contribution in [-0.4, -0.2) is 46.3 Å². The third-order valence-corrected chi connectivity index (χ3v) is 19.7. The zero-order valence-corrected chi connectivity index (χ0v) is 46.6. The number of hydrogen-bond donors (Lipinski definition) is 0. The molecular formula is C67H88O8. The van der Waals surface area contributed by atoms with E-state index < -0.39 is 0 Å². The Morgan fingerprint density at radius 1 is 0.440 bits per heavy atom.